The highest BCUT2D eigenvalue weighted by Gasteiger charge is 2.23. The van der Waals surface area contributed by atoms with Crippen molar-refractivity contribution in [2.45, 2.75) is 99.8 Å². The first kappa shape index (κ1) is 29.4. The molecule has 1 aromatic carbocycles. The lowest BCUT2D eigenvalue weighted by atomic mass is 9.85. The van der Waals surface area contributed by atoms with E-state index in [0.717, 1.165) is 6.42 Å². The Balaban J connectivity index is 0. The Hall–Kier alpha value is -1.84. The highest BCUT2D eigenvalue weighted by Crippen LogP contribution is 2.25. The monoisotopic (exact) mass is 407 g/mol. The van der Waals surface area contributed by atoms with Gasteiger partial charge in [0.15, 0.2) is 0 Å². The van der Waals surface area contributed by atoms with Crippen LogP contribution in [0.3, 0.4) is 0 Å². The molecule has 0 fully saturated rings. The van der Waals surface area contributed by atoms with E-state index >= 15 is 0 Å². The largest absolute Gasteiger partial charge is 0.481 e. The summed E-state index contributed by atoms with van der Waals surface area (Å²) in [5, 5.41) is 8.44. The number of carbonyl (C=O) groups is 2. The van der Waals surface area contributed by atoms with Crippen LogP contribution in [0.2, 0.25) is 0 Å². The number of hydrogen-bond donors (Lipinski definition) is 2. The van der Waals surface area contributed by atoms with E-state index in [1.165, 1.54) is 17.5 Å². The summed E-state index contributed by atoms with van der Waals surface area (Å²) in [6, 6.07) is 9.08. The fraction of sp³-hybridized carbons (Fsp3) is 0.680. The number of hydrogen-bond acceptors (Lipinski definition) is 2. The molecule has 0 aromatic heterocycles. The van der Waals surface area contributed by atoms with Crippen molar-refractivity contribution in [1.82, 2.24) is 0 Å². The molecule has 0 spiro atoms. The average molecular weight is 408 g/mol. The summed E-state index contributed by atoms with van der Waals surface area (Å²) in [4.78, 5) is 20.4. The molecule has 0 heterocycles. The molecule has 168 valence electrons. The van der Waals surface area contributed by atoms with Gasteiger partial charge in [0.2, 0.25) is 5.91 Å². The van der Waals surface area contributed by atoms with Crippen LogP contribution in [0.5, 0.6) is 0 Å². The van der Waals surface area contributed by atoms with Gasteiger partial charge in [-0.25, -0.2) is 0 Å². The summed E-state index contributed by atoms with van der Waals surface area (Å²) >= 11 is 0. The minimum Gasteiger partial charge on any atom is -0.481 e. The zero-order valence-corrected chi connectivity index (χ0v) is 20.4. The molecule has 4 nitrogen and oxygen atoms in total. The minimum atomic E-state index is -0.722. The number of aliphatic carboxylic acids is 1. The maximum Gasteiger partial charge on any atom is 0.309 e. The van der Waals surface area contributed by atoms with Crippen LogP contribution < -0.4 is 5.73 Å². The van der Waals surface area contributed by atoms with Crippen LogP contribution in [0.1, 0.15) is 106 Å². The van der Waals surface area contributed by atoms with E-state index in [4.69, 9.17) is 10.8 Å². The van der Waals surface area contributed by atoms with Crippen molar-refractivity contribution < 1.29 is 14.7 Å². The van der Waals surface area contributed by atoms with Gasteiger partial charge in [-0.15, -0.1) is 0 Å². The van der Waals surface area contributed by atoms with Gasteiger partial charge in [0.25, 0.3) is 0 Å². The highest BCUT2D eigenvalue weighted by molar-refractivity contribution is 5.76. The Bertz CT molecular complexity index is 597. The molecule has 0 bridgehead atoms. The third kappa shape index (κ3) is 12.4. The number of benzene rings is 1. The molecule has 0 saturated carbocycles. The summed E-state index contributed by atoms with van der Waals surface area (Å²) in [6.07, 6.45) is 2.74. The van der Waals surface area contributed by atoms with Crippen LogP contribution in [0.15, 0.2) is 24.3 Å². The summed E-state index contributed by atoms with van der Waals surface area (Å²) in [7, 11) is 0. The lowest BCUT2D eigenvalue weighted by molar-refractivity contribution is -0.147. The molecule has 1 amide bonds. The Labute approximate surface area is 179 Å². The third-order valence-corrected chi connectivity index (χ3v) is 5.52. The topological polar surface area (TPSA) is 80.4 Å². The summed E-state index contributed by atoms with van der Waals surface area (Å²) < 4.78 is 0. The molecular weight excluding hydrogens is 362 g/mol. The molecule has 0 saturated heterocycles. The summed E-state index contributed by atoms with van der Waals surface area (Å²) in [6.45, 7) is 20.4. The first-order valence-corrected chi connectivity index (χ1v) is 10.8. The van der Waals surface area contributed by atoms with Crippen molar-refractivity contribution >= 4 is 11.9 Å². The minimum absolute atomic E-state index is 0.0417. The van der Waals surface area contributed by atoms with Gasteiger partial charge in [-0.2, -0.15) is 0 Å². The van der Waals surface area contributed by atoms with Crippen LogP contribution in [0.4, 0.5) is 0 Å². The first-order valence-electron chi connectivity index (χ1n) is 10.8. The van der Waals surface area contributed by atoms with Gasteiger partial charge in [-0.05, 0) is 55.6 Å². The second-order valence-corrected chi connectivity index (χ2v) is 9.44. The fourth-order valence-electron chi connectivity index (χ4n) is 1.90. The zero-order valence-electron chi connectivity index (χ0n) is 20.4. The first-order chi connectivity index (χ1) is 13.1. The normalized spacial score (nSPS) is 13.2. The molecule has 2 unspecified atom stereocenters. The number of primary amides is 1. The number of amides is 1. The molecule has 0 aliphatic heterocycles. The van der Waals surface area contributed by atoms with E-state index in [0.29, 0.717) is 12.3 Å². The average Bonchev–Trinajstić information content (AvgIpc) is 2.66. The van der Waals surface area contributed by atoms with Crippen LogP contribution >= 0.6 is 0 Å². The second kappa shape index (κ2) is 13.4. The van der Waals surface area contributed by atoms with E-state index in [1.54, 1.807) is 13.8 Å². The number of carbonyl (C=O) groups excluding carboxylic acids is 1. The van der Waals surface area contributed by atoms with Gasteiger partial charge in [0.1, 0.15) is 0 Å². The summed E-state index contributed by atoms with van der Waals surface area (Å²) in [5.41, 5.74) is 7.52. The lowest BCUT2D eigenvalue weighted by Gasteiger charge is -2.20. The lowest BCUT2D eigenvalue weighted by Crippen LogP contribution is -2.21. The Morgan fingerprint density at radius 1 is 0.931 bits per heavy atom. The van der Waals surface area contributed by atoms with Crippen molar-refractivity contribution in [1.29, 1.82) is 0 Å². The number of nitrogens with two attached hydrogens (primary N) is 1. The van der Waals surface area contributed by atoms with E-state index in [1.807, 2.05) is 20.8 Å². The SMILES string of the molecule is CCC(C)(C)C(=O)O.CCC(C)C(N)=O.CCC(C)c1ccc(C(C)(C)C)cc1. The second-order valence-electron chi connectivity index (χ2n) is 9.44. The summed E-state index contributed by atoms with van der Waals surface area (Å²) in [5.74, 6) is -0.202. The van der Waals surface area contributed by atoms with E-state index in [2.05, 4.69) is 58.9 Å². The molecule has 0 aliphatic carbocycles. The Kier molecular flexibility index (Phi) is 13.6. The maximum atomic E-state index is 10.3. The molecule has 1 aromatic rings. The van der Waals surface area contributed by atoms with Crippen molar-refractivity contribution in [3.63, 3.8) is 0 Å². The van der Waals surface area contributed by atoms with Crippen molar-refractivity contribution in [3.05, 3.63) is 35.4 Å². The molecule has 3 N–H and O–H groups in total. The van der Waals surface area contributed by atoms with Crippen LogP contribution in [-0.2, 0) is 15.0 Å². The Morgan fingerprint density at radius 3 is 1.55 bits per heavy atom. The van der Waals surface area contributed by atoms with Gasteiger partial charge in [-0.3, -0.25) is 9.59 Å². The van der Waals surface area contributed by atoms with Gasteiger partial charge in [-0.1, -0.05) is 79.7 Å². The molecule has 0 radical (unpaired) electrons. The molecule has 2 atom stereocenters. The predicted molar refractivity (Wildman–Crippen MR) is 124 cm³/mol. The van der Waals surface area contributed by atoms with Crippen LogP contribution in [0.25, 0.3) is 0 Å². The molecule has 29 heavy (non-hydrogen) atoms. The van der Waals surface area contributed by atoms with Crippen LogP contribution in [0, 0.1) is 11.3 Å². The third-order valence-electron chi connectivity index (χ3n) is 5.52. The van der Waals surface area contributed by atoms with E-state index in [9.17, 15) is 9.59 Å². The molecule has 1 rings (SSSR count). The van der Waals surface area contributed by atoms with Crippen molar-refractivity contribution in [2.75, 3.05) is 0 Å². The zero-order chi connectivity index (χ0) is 23.4. The smallest absolute Gasteiger partial charge is 0.309 e. The highest BCUT2D eigenvalue weighted by atomic mass is 16.4. The Morgan fingerprint density at radius 2 is 1.38 bits per heavy atom. The molecular formula is C25H45NO3. The van der Waals surface area contributed by atoms with Gasteiger partial charge in [0.05, 0.1) is 5.41 Å². The van der Waals surface area contributed by atoms with E-state index in [-0.39, 0.29) is 17.2 Å². The number of carboxylic acid groups (broad SMARTS) is 1. The van der Waals surface area contributed by atoms with Gasteiger partial charge in [0, 0.05) is 5.92 Å². The molecule has 0 aliphatic rings. The van der Waals surface area contributed by atoms with Crippen molar-refractivity contribution in [3.8, 4) is 0 Å². The maximum absolute atomic E-state index is 10.3. The van der Waals surface area contributed by atoms with E-state index < -0.39 is 11.4 Å². The predicted octanol–water partition coefficient (Wildman–Crippen LogP) is 6.52. The van der Waals surface area contributed by atoms with Crippen molar-refractivity contribution in [2.24, 2.45) is 17.1 Å². The molecule has 4 heteroatoms. The standard InChI is InChI=1S/C14H22.C6H12O2.C5H11NO/c1-6-11(2)12-7-9-13(10-8-12)14(3,4)5;1-4-6(2,3)5(7)8;1-3-4(2)5(6)7/h7-11H,6H2,1-5H3;4H2,1-3H3,(H,7,8);4H,3H2,1-2H3,(H2,6,7). The quantitative estimate of drug-likeness (QED) is 0.563. The van der Waals surface area contributed by atoms with Crippen LogP contribution in [-0.4, -0.2) is 17.0 Å². The number of rotatable bonds is 6. The van der Waals surface area contributed by atoms with Gasteiger partial charge >= 0.3 is 5.97 Å². The number of carboxylic acids is 1. The fourth-order valence-corrected chi connectivity index (χ4v) is 1.90. The van der Waals surface area contributed by atoms with Gasteiger partial charge < -0.3 is 10.8 Å².